The summed E-state index contributed by atoms with van der Waals surface area (Å²) in [5.74, 6) is -0.906. The number of nitro groups is 1. The van der Waals surface area contributed by atoms with Crippen molar-refractivity contribution in [2.75, 3.05) is 7.05 Å². The van der Waals surface area contributed by atoms with Crippen LogP contribution in [0.25, 0.3) is 0 Å². The molecule has 3 aromatic rings. The Bertz CT molecular complexity index is 1130. The summed E-state index contributed by atoms with van der Waals surface area (Å²) in [6, 6.07) is 11.1. The molecular weight excluding hydrogens is 408 g/mol. The standard InChI is InChI=1S/C21H21ClN4O4/c1-13-17(14(2)25(23-13)11-16-6-4-5-7-18(16)22)12-24(3)21(28)15-8-9-19(26(29)30)20(27)10-15/h4-10,27H,11-12H2,1-3H3. The molecule has 0 radical (unpaired) electrons. The zero-order chi connectivity index (χ0) is 22.0. The third-order valence-electron chi connectivity index (χ3n) is 4.97. The number of rotatable bonds is 6. The minimum atomic E-state index is -0.701. The molecule has 2 aromatic carbocycles. The van der Waals surface area contributed by atoms with Crippen molar-refractivity contribution in [2.24, 2.45) is 0 Å². The molecule has 0 atom stereocenters. The van der Waals surface area contributed by atoms with E-state index in [1.165, 1.54) is 11.0 Å². The van der Waals surface area contributed by atoms with E-state index >= 15 is 0 Å². The normalized spacial score (nSPS) is 10.8. The van der Waals surface area contributed by atoms with E-state index in [1.807, 2.05) is 42.8 Å². The van der Waals surface area contributed by atoms with E-state index < -0.39 is 16.4 Å². The molecule has 30 heavy (non-hydrogen) atoms. The summed E-state index contributed by atoms with van der Waals surface area (Å²) < 4.78 is 1.85. The topological polar surface area (TPSA) is 102 Å². The van der Waals surface area contributed by atoms with Crippen molar-refractivity contribution in [2.45, 2.75) is 26.9 Å². The quantitative estimate of drug-likeness (QED) is 0.470. The number of amides is 1. The number of benzene rings is 2. The van der Waals surface area contributed by atoms with E-state index in [1.54, 1.807) is 7.05 Å². The Labute approximate surface area is 178 Å². The van der Waals surface area contributed by atoms with Crippen molar-refractivity contribution in [3.8, 4) is 5.75 Å². The number of nitrogens with zero attached hydrogens (tertiary/aromatic N) is 4. The second kappa shape index (κ2) is 8.54. The molecule has 8 nitrogen and oxygen atoms in total. The van der Waals surface area contributed by atoms with E-state index in [0.717, 1.165) is 34.6 Å². The van der Waals surface area contributed by atoms with Gasteiger partial charge in [-0.05, 0) is 37.6 Å². The van der Waals surface area contributed by atoms with Gasteiger partial charge in [-0.15, -0.1) is 0 Å². The molecule has 0 saturated carbocycles. The summed E-state index contributed by atoms with van der Waals surface area (Å²) in [4.78, 5) is 24.4. The summed E-state index contributed by atoms with van der Waals surface area (Å²) in [6.45, 7) is 4.63. The Balaban J connectivity index is 1.80. The number of phenols is 1. The number of carbonyl (C=O) groups is 1. The number of aromatic hydroxyl groups is 1. The highest BCUT2D eigenvalue weighted by molar-refractivity contribution is 6.31. The van der Waals surface area contributed by atoms with Crippen LogP contribution in [0.5, 0.6) is 5.75 Å². The fourth-order valence-electron chi connectivity index (χ4n) is 3.24. The van der Waals surface area contributed by atoms with Crippen molar-refractivity contribution in [3.63, 3.8) is 0 Å². The van der Waals surface area contributed by atoms with Gasteiger partial charge in [-0.3, -0.25) is 19.6 Å². The summed E-state index contributed by atoms with van der Waals surface area (Å²) in [5.41, 5.74) is 3.29. The highest BCUT2D eigenvalue weighted by atomic mass is 35.5. The van der Waals surface area contributed by atoms with Crippen molar-refractivity contribution in [1.29, 1.82) is 0 Å². The molecule has 3 rings (SSSR count). The summed E-state index contributed by atoms with van der Waals surface area (Å²) in [5, 5.41) is 25.9. The Hall–Kier alpha value is -3.39. The number of aryl methyl sites for hydroxylation is 1. The van der Waals surface area contributed by atoms with Crippen LogP contribution in [0.4, 0.5) is 5.69 Å². The molecular formula is C21H21ClN4O4. The first-order chi connectivity index (χ1) is 14.2. The Kier molecular flexibility index (Phi) is 6.07. The largest absolute Gasteiger partial charge is 0.502 e. The number of nitro benzene ring substituents is 1. The lowest BCUT2D eigenvalue weighted by Gasteiger charge is -2.18. The van der Waals surface area contributed by atoms with E-state index in [2.05, 4.69) is 5.10 Å². The molecule has 0 aliphatic carbocycles. The average Bonchev–Trinajstić information content (AvgIpc) is 2.96. The predicted molar refractivity (Wildman–Crippen MR) is 113 cm³/mol. The summed E-state index contributed by atoms with van der Waals surface area (Å²) >= 11 is 6.25. The van der Waals surface area contributed by atoms with Gasteiger partial charge in [0.25, 0.3) is 5.91 Å². The molecule has 1 aromatic heterocycles. The van der Waals surface area contributed by atoms with E-state index in [9.17, 15) is 20.0 Å². The Morgan fingerprint density at radius 1 is 1.27 bits per heavy atom. The lowest BCUT2D eigenvalue weighted by molar-refractivity contribution is -0.385. The van der Waals surface area contributed by atoms with Crippen LogP contribution in [0.1, 0.15) is 32.9 Å². The second-order valence-corrected chi connectivity index (χ2v) is 7.43. The molecule has 0 fully saturated rings. The third-order valence-corrected chi connectivity index (χ3v) is 5.34. The predicted octanol–water partition coefficient (Wildman–Crippen LogP) is 4.09. The monoisotopic (exact) mass is 428 g/mol. The van der Waals surface area contributed by atoms with Crippen molar-refractivity contribution < 1.29 is 14.8 Å². The molecule has 156 valence electrons. The highest BCUT2D eigenvalue weighted by Gasteiger charge is 2.21. The Morgan fingerprint density at radius 3 is 2.60 bits per heavy atom. The van der Waals surface area contributed by atoms with Gasteiger partial charge >= 0.3 is 5.69 Å². The van der Waals surface area contributed by atoms with E-state index in [0.29, 0.717) is 18.1 Å². The number of halogens is 1. The average molecular weight is 429 g/mol. The zero-order valence-corrected chi connectivity index (χ0v) is 17.6. The van der Waals surface area contributed by atoms with Crippen LogP contribution in [-0.2, 0) is 13.1 Å². The zero-order valence-electron chi connectivity index (χ0n) is 16.8. The van der Waals surface area contributed by atoms with E-state index in [4.69, 9.17) is 11.6 Å². The molecule has 9 heteroatoms. The fraction of sp³-hybridized carbons (Fsp3) is 0.238. The number of carbonyl (C=O) groups excluding carboxylic acids is 1. The minimum Gasteiger partial charge on any atom is -0.502 e. The lowest BCUT2D eigenvalue weighted by Crippen LogP contribution is -2.26. The third kappa shape index (κ3) is 4.28. The maximum absolute atomic E-state index is 12.7. The number of hydrogen-bond donors (Lipinski definition) is 1. The van der Waals surface area contributed by atoms with Gasteiger partial charge in [0.15, 0.2) is 5.75 Å². The minimum absolute atomic E-state index is 0.166. The van der Waals surface area contributed by atoms with Crippen LogP contribution in [0, 0.1) is 24.0 Å². The van der Waals surface area contributed by atoms with Crippen LogP contribution in [0.15, 0.2) is 42.5 Å². The van der Waals surface area contributed by atoms with Gasteiger partial charge in [-0.2, -0.15) is 5.10 Å². The van der Waals surface area contributed by atoms with Crippen molar-refractivity contribution in [3.05, 3.63) is 85.7 Å². The molecule has 1 amide bonds. The van der Waals surface area contributed by atoms with Crippen LogP contribution in [0.3, 0.4) is 0 Å². The summed E-state index contributed by atoms with van der Waals surface area (Å²) in [7, 11) is 1.63. The molecule has 0 aliphatic heterocycles. The fourth-order valence-corrected chi connectivity index (χ4v) is 3.44. The molecule has 0 aliphatic rings. The van der Waals surface area contributed by atoms with Gasteiger partial charge in [-0.25, -0.2) is 0 Å². The van der Waals surface area contributed by atoms with Crippen molar-refractivity contribution >= 4 is 23.2 Å². The van der Waals surface area contributed by atoms with E-state index in [-0.39, 0.29) is 11.5 Å². The molecule has 1 N–H and O–H groups in total. The summed E-state index contributed by atoms with van der Waals surface area (Å²) in [6.07, 6.45) is 0. The number of phenolic OH excluding ortho intramolecular Hbond substituents is 1. The lowest BCUT2D eigenvalue weighted by atomic mass is 10.1. The number of aromatic nitrogens is 2. The van der Waals surface area contributed by atoms with Gasteiger partial charge in [0.1, 0.15) is 0 Å². The van der Waals surface area contributed by atoms with Gasteiger partial charge in [0.05, 0.1) is 17.2 Å². The van der Waals surface area contributed by atoms with Gasteiger partial charge < -0.3 is 10.0 Å². The van der Waals surface area contributed by atoms with Crippen LogP contribution in [0.2, 0.25) is 5.02 Å². The highest BCUT2D eigenvalue weighted by Crippen LogP contribution is 2.27. The molecule has 0 bridgehead atoms. The maximum Gasteiger partial charge on any atom is 0.310 e. The SMILES string of the molecule is Cc1nn(Cc2ccccc2Cl)c(C)c1CN(C)C(=O)c1ccc([N+](=O)[O-])c(O)c1. The Morgan fingerprint density at radius 2 is 1.97 bits per heavy atom. The molecule has 0 saturated heterocycles. The molecule has 0 unspecified atom stereocenters. The van der Waals surface area contributed by atoms with Crippen LogP contribution < -0.4 is 0 Å². The molecule has 0 spiro atoms. The first kappa shape index (κ1) is 21.3. The van der Waals surface area contributed by atoms with Crippen LogP contribution >= 0.6 is 11.6 Å². The molecule has 1 heterocycles. The van der Waals surface area contributed by atoms with Gasteiger partial charge in [-0.1, -0.05) is 29.8 Å². The first-order valence-corrected chi connectivity index (χ1v) is 9.56. The number of hydrogen-bond acceptors (Lipinski definition) is 5. The van der Waals surface area contributed by atoms with Gasteiger partial charge in [0, 0.05) is 41.5 Å². The first-order valence-electron chi connectivity index (χ1n) is 9.18. The smallest absolute Gasteiger partial charge is 0.310 e. The van der Waals surface area contributed by atoms with Crippen molar-refractivity contribution in [1.82, 2.24) is 14.7 Å². The second-order valence-electron chi connectivity index (χ2n) is 7.02. The van der Waals surface area contributed by atoms with Crippen LogP contribution in [-0.4, -0.2) is 37.7 Å². The maximum atomic E-state index is 12.7. The van der Waals surface area contributed by atoms with Gasteiger partial charge in [0.2, 0.25) is 0 Å².